The Morgan fingerprint density at radius 1 is 0.800 bits per heavy atom. The lowest BCUT2D eigenvalue weighted by atomic mass is 10.4. The van der Waals surface area contributed by atoms with E-state index in [1.165, 1.54) is 0 Å². The van der Waals surface area contributed by atoms with Crippen molar-refractivity contribution >= 4 is 21.9 Å². The quantitative estimate of drug-likeness (QED) is 0.633. The maximum atomic E-state index is 6.15. The molecule has 0 radical (unpaired) electrons. The summed E-state index contributed by atoms with van der Waals surface area (Å²) in [6.07, 6.45) is 0. The lowest BCUT2D eigenvalue weighted by Crippen LogP contribution is -2.64. The molecule has 0 spiro atoms. The van der Waals surface area contributed by atoms with Crippen LogP contribution in [0.3, 0.4) is 0 Å². The van der Waals surface area contributed by atoms with Gasteiger partial charge in [-0.3, -0.25) is 0 Å². The summed E-state index contributed by atoms with van der Waals surface area (Å²) in [4.78, 5) is 0. The van der Waals surface area contributed by atoms with Crippen LogP contribution >= 0.6 is 0 Å². The zero-order chi connectivity index (χ0) is 8.58. The molecular weight excluding hydrogens is 153 g/mol. The van der Waals surface area contributed by atoms with Gasteiger partial charge in [0.1, 0.15) is 0 Å². The van der Waals surface area contributed by atoms with Crippen molar-refractivity contribution in [2.45, 2.75) is 39.3 Å². The molecule has 0 saturated heterocycles. The van der Waals surface area contributed by atoms with Crippen molar-refractivity contribution in [3.63, 3.8) is 0 Å². The molecule has 2 N–H and O–H groups in total. The van der Waals surface area contributed by atoms with E-state index in [1.807, 2.05) is 0 Å². The third kappa shape index (κ3) is 3.03. The fourth-order valence-corrected chi connectivity index (χ4v) is 11.7. The molecule has 0 unspecified atom stereocenters. The molecule has 0 amide bonds. The maximum absolute atomic E-state index is 6.15. The molecular formula is C6H20BNSi2. The lowest BCUT2D eigenvalue weighted by molar-refractivity contribution is 1.73. The van der Waals surface area contributed by atoms with Crippen LogP contribution < -0.4 is 5.64 Å². The fourth-order valence-electron chi connectivity index (χ4n) is 1.30. The summed E-state index contributed by atoms with van der Waals surface area (Å²) < 4.78 is 0. The van der Waals surface area contributed by atoms with Gasteiger partial charge in [0.15, 0.2) is 6.03 Å². The average Bonchev–Trinajstić information content (AvgIpc) is 1.59. The van der Waals surface area contributed by atoms with E-state index >= 15 is 0 Å². The van der Waals surface area contributed by atoms with Gasteiger partial charge >= 0.3 is 0 Å². The predicted molar refractivity (Wildman–Crippen MR) is 56.6 cm³/mol. The lowest BCUT2D eigenvalue weighted by Gasteiger charge is -2.31. The molecule has 60 valence electrons. The van der Waals surface area contributed by atoms with Crippen molar-refractivity contribution in [2.75, 3.05) is 0 Å². The minimum absolute atomic E-state index is 0.542. The van der Waals surface area contributed by atoms with Crippen LogP contribution in [0.1, 0.15) is 0 Å². The molecule has 0 aromatic rings. The van der Waals surface area contributed by atoms with Gasteiger partial charge in [-0.25, -0.2) is 0 Å². The fraction of sp³-hybridized carbons (Fsp3) is 1.00. The van der Waals surface area contributed by atoms with Crippen molar-refractivity contribution in [1.29, 1.82) is 0 Å². The molecule has 0 aromatic carbocycles. The zero-order valence-electron chi connectivity index (χ0n) is 8.15. The molecule has 1 nitrogen and oxygen atoms in total. The standard InChI is InChI=1S/C6H20BNSi2/c1-9(2,3)7(8)10(4,5)6/h8H2,1-6H3. The van der Waals surface area contributed by atoms with Crippen molar-refractivity contribution in [3.8, 4) is 0 Å². The largest absolute Gasteiger partial charge is 0.374 e. The number of hydrogen-bond acceptors (Lipinski definition) is 1. The van der Waals surface area contributed by atoms with Crippen LogP contribution in [0, 0.1) is 0 Å². The van der Waals surface area contributed by atoms with Crippen molar-refractivity contribution in [3.05, 3.63) is 0 Å². The molecule has 0 aromatic heterocycles. The van der Waals surface area contributed by atoms with Gasteiger partial charge in [0, 0.05) is 15.9 Å². The second-order valence-electron chi connectivity index (χ2n) is 5.21. The Kier molecular flexibility index (Phi) is 2.96. The molecule has 0 fully saturated rings. The van der Waals surface area contributed by atoms with Gasteiger partial charge in [0.05, 0.1) is 0 Å². The van der Waals surface area contributed by atoms with Crippen molar-refractivity contribution in [2.24, 2.45) is 5.64 Å². The highest BCUT2D eigenvalue weighted by molar-refractivity contribution is 7.59. The van der Waals surface area contributed by atoms with E-state index in [2.05, 4.69) is 39.3 Å². The van der Waals surface area contributed by atoms with Gasteiger partial charge in [0.25, 0.3) is 0 Å². The minimum atomic E-state index is -1.06. The van der Waals surface area contributed by atoms with E-state index in [9.17, 15) is 0 Å². The first-order valence-electron chi connectivity index (χ1n) is 3.91. The van der Waals surface area contributed by atoms with Crippen molar-refractivity contribution in [1.82, 2.24) is 0 Å². The Balaban J connectivity index is 4.23. The molecule has 0 atom stereocenters. The normalized spacial score (nSPS) is 13.5. The Morgan fingerprint density at radius 2 is 1.00 bits per heavy atom. The summed E-state index contributed by atoms with van der Waals surface area (Å²) in [6.45, 7) is 14.1. The summed E-state index contributed by atoms with van der Waals surface area (Å²) in [5.41, 5.74) is 6.15. The first kappa shape index (κ1) is 10.5. The van der Waals surface area contributed by atoms with E-state index in [-0.39, 0.29) is 0 Å². The van der Waals surface area contributed by atoms with Crippen LogP contribution in [0.2, 0.25) is 39.3 Å². The van der Waals surface area contributed by atoms with Crippen LogP contribution in [-0.2, 0) is 0 Å². The van der Waals surface area contributed by atoms with E-state index < -0.39 is 15.9 Å². The van der Waals surface area contributed by atoms with E-state index in [0.29, 0.717) is 6.03 Å². The predicted octanol–water partition coefficient (Wildman–Crippen LogP) is 1.77. The highest BCUT2D eigenvalue weighted by Gasteiger charge is 2.37. The molecule has 0 aliphatic carbocycles. The number of rotatable bonds is 2. The van der Waals surface area contributed by atoms with Crippen molar-refractivity contribution < 1.29 is 0 Å². The molecule has 10 heavy (non-hydrogen) atoms. The SMILES string of the molecule is C[Si](C)(C)B(N)[Si](C)(C)C. The third-order valence-corrected chi connectivity index (χ3v) is 10.8. The number of nitrogens with two attached hydrogens (primary N) is 1. The number of hydrogen-bond donors (Lipinski definition) is 1. The van der Waals surface area contributed by atoms with Gasteiger partial charge in [-0.15, -0.1) is 0 Å². The topological polar surface area (TPSA) is 26.0 Å². The summed E-state index contributed by atoms with van der Waals surface area (Å²) in [5, 5.41) is 0. The van der Waals surface area contributed by atoms with Crippen LogP contribution in [-0.4, -0.2) is 21.9 Å². The highest BCUT2D eigenvalue weighted by atomic mass is 28.4. The Bertz CT molecular complexity index is 99.9. The molecule has 0 saturated carbocycles. The molecule has 4 heteroatoms. The van der Waals surface area contributed by atoms with Crippen LogP contribution in [0.4, 0.5) is 0 Å². The first-order valence-corrected chi connectivity index (χ1v) is 11.1. The molecule has 0 heterocycles. The van der Waals surface area contributed by atoms with E-state index in [4.69, 9.17) is 5.64 Å². The Hall–Kier alpha value is 0.459. The summed E-state index contributed by atoms with van der Waals surface area (Å²) >= 11 is 0. The van der Waals surface area contributed by atoms with Gasteiger partial charge in [-0.1, -0.05) is 39.3 Å². The second kappa shape index (κ2) is 2.83. The monoisotopic (exact) mass is 173 g/mol. The van der Waals surface area contributed by atoms with Gasteiger partial charge < -0.3 is 5.64 Å². The van der Waals surface area contributed by atoms with Gasteiger partial charge in [0.2, 0.25) is 0 Å². The maximum Gasteiger partial charge on any atom is 0.197 e. The van der Waals surface area contributed by atoms with Gasteiger partial charge in [-0.05, 0) is 0 Å². The van der Waals surface area contributed by atoms with E-state index in [0.717, 1.165) is 0 Å². The Morgan fingerprint density at radius 3 is 1.00 bits per heavy atom. The van der Waals surface area contributed by atoms with Crippen LogP contribution in [0.15, 0.2) is 0 Å². The van der Waals surface area contributed by atoms with Crippen LogP contribution in [0.5, 0.6) is 0 Å². The van der Waals surface area contributed by atoms with Crippen LogP contribution in [0.25, 0.3) is 0 Å². The molecule has 0 bridgehead atoms. The molecule has 0 aliphatic heterocycles. The summed E-state index contributed by atoms with van der Waals surface area (Å²) in [5.74, 6) is 0. The first-order chi connectivity index (χ1) is 4.15. The van der Waals surface area contributed by atoms with Gasteiger partial charge in [-0.2, -0.15) is 0 Å². The highest BCUT2D eigenvalue weighted by Crippen LogP contribution is 2.12. The smallest absolute Gasteiger partial charge is 0.197 e. The Labute approximate surface area is 67.4 Å². The zero-order valence-corrected chi connectivity index (χ0v) is 10.2. The summed E-state index contributed by atoms with van der Waals surface area (Å²) in [7, 11) is -2.11. The minimum Gasteiger partial charge on any atom is -0.374 e. The second-order valence-corrected chi connectivity index (χ2v) is 16.5. The molecule has 0 rings (SSSR count). The summed E-state index contributed by atoms with van der Waals surface area (Å²) in [6, 6.07) is 0.542. The average molecular weight is 173 g/mol. The molecule has 0 aliphatic rings. The third-order valence-electron chi connectivity index (χ3n) is 1.87. The van der Waals surface area contributed by atoms with E-state index in [1.54, 1.807) is 0 Å².